The number of amides is 1. The van der Waals surface area contributed by atoms with Crippen LogP contribution in [-0.4, -0.2) is 18.0 Å². The van der Waals surface area contributed by atoms with E-state index in [1.165, 1.54) is 6.42 Å². The number of carbonyl (C=O) groups excluding carboxylic acids is 2. The lowest BCUT2D eigenvalue weighted by Gasteiger charge is -2.34. The van der Waals surface area contributed by atoms with E-state index in [1.807, 2.05) is 24.3 Å². The summed E-state index contributed by atoms with van der Waals surface area (Å²) < 4.78 is 6.66. The molecule has 128 valence electrons. The predicted octanol–water partition coefficient (Wildman–Crippen LogP) is 4.06. The van der Waals surface area contributed by atoms with E-state index in [0.717, 1.165) is 35.7 Å². The lowest BCUT2D eigenvalue weighted by molar-refractivity contribution is -0.155. The normalized spacial score (nSPS) is 25.2. The van der Waals surface area contributed by atoms with E-state index < -0.39 is 5.92 Å². The van der Waals surface area contributed by atoms with Crippen molar-refractivity contribution < 1.29 is 14.3 Å². The average molecular weight is 392 g/mol. The molecule has 1 N–H and O–H groups in total. The second-order valence-electron chi connectivity index (χ2n) is 6.58. The lowest BCUT2D eigenvalue weighted by atomic mass is 9.79. The van der Waals surface area contributed by atoms with Crippen LogP contribution in [-0.2, 0) is 14.3 Å². The quantitative estimate of drug-likeness (QED) is 0.790. The van der Waals surface area contributed by atoms with Crippen LogP contribution in [0.3, 0.4) is 0 Å². The third-order valence-electron chi connectivity index (χ3n) is 4.88. The van der Waals surface area contributed by atoms with E-state index in [0.29, 0.717) is 5.70 Å². The maximum absolute atomic E-state index is 12.8. The highest BCUT2D eigenvalue weighted by Gasteiger charge is 2.40. The van der Waals surface area contributed by atoms with Crippen molar-refractivity contribution in [2.45, 2.75) is 50.5 Å². The fourth-order valence-electron chi connectivity index (χ4n) is 3.66. The van der Waals surface area contributed by atoms with Gasteiger partial charge >= 0.3 is 5.97 Å². The number of hydrogen-bond acceptors (Lipinski definition) is 3. The number of piperidine rings is 1. The minimum atomic E-state index is -0.539. The zero-order valence-corrected chi connectivity index (χ0v) is 15.2. The monoisotopic (exact) mass is 391 g/mol. The molecule has 1 saturated heterocycles. The number of esters is 1. The van der Waals surface area contributed by atoms with Gasteiger partial charge in [-0.15, -0.1) is 0 Å². The zero-order valence-electron chi connectivity index (χ0n) is 13.6. The van der Waals surface area contributed by atoms with Gasteiger partial charge in [0.25, 0.3) is 0 Å². The van der Waals surface area contributed by atoms with Crippen LogP contribution in [0, 0.1) is 5.92 Å². The molecule has 5 heteroatoms. The van der Waals surface area contributed by atoms with Crippen LogP contribution in [0.2, 0.25) is 0 Å². The first-order valence-electron chi connectivity index (χ1n) is 8.50. The molecular weight excluding hydrogens is 370 g/mol. The van der Waals surface area contributed by atoms with Gasteiger partial charge in [0.15, 0.2) is 0 Å². The highest BCUT2D eigenvalue weighted by molar-refractivity contribution is 9.10. The molecule has 1 aliphatic carbocycles. The Morgan fingerprint density at radius 3 is 2.62 bits per heavy atom. The molecular formula is C19H22BrNO3. The first-order chi connectivity index (χ1) is 11.6. The largest absolute Gasteiger partial charge is 0.462 e. The number of carbonyl (C=O) groups is 2. The van der Waals surface area contributed by atoms with Crippen molar-refractivity contribution in [3.05, 3.63) is 46.6 Å². The molecule has 0 bridgehead atoms. The summed E-state index contributed by atoms with van der Waals surface area (Å²) in [5, 5.41) is 2.72. The van der Waals surface area contributed by atoms with Gasteiger partial charge < -0.3 is 10.1 Å². The van der Waals surface area contributed by atoms with Crippen molar-refractivity contribution in [1.29, 1.82) is 0 Å². The van der Waals surface area contributed by atoms with Crippen molar-refractivity contribution in [2.24, 2.45) is 5.92 Å². The minimum absolute atomic E-state index is 0.00320. The number of benzene rings is 1. The van der Waals surface area contributed by atoms with Gasteiger partial charge in [-0.1, -0.05) is 47.1 Å². The Morgan fingerprint density at radius 1 is 1.21 bits per heavy atom. The maximum Gasteiger partial charge on any atom is 0.315 e. The fourth-order valence-corrected chi connectivity index (χ4v) is 4.24. The van der Waals surface area contributed by atoms with Gasteiger partial charge in [0, 0.05) is 22.5 Å². The van der Waals surface area contributed by atoms with Crippen LogP contribution >= 0.6 is 15.9 Å². The standard InChI is InChI=1S/C19H22BrNO3/c1-12-18(19(23)24-13-7-3-2-4-8-13)15(11-17(22)21-12)14-9-5-6-10-16(14)20/h5-6,9-10,13,15,18H,1-4,7-8,11H2,(H,21,22). The SMILES string of the molecule is C=C1NC(=O)CC(c2ccccc2Br)C1C(=O)OC1CCCCC1. The van der Waals surface area contributed by atoms with Crippen molar-refractivity contribution in [3.8, 4) is 0 Å². The fraction of sp³-hybridized carbons (Fsp3) is 0.474. The summed E-state index contributed by atoms with van der Waals surface area (Å²) in [7, 11) is 0. The van der Waals surface area contributed by atoms with Gasteiger partial charge in [-0.3, -0.25) is 9.59 Å². The Morgan fingerprint density at radius 2 is 1.92 bits per heavy atom. The van der Waals surface area contributed by atoms with Crippen molar-refractivity contribution in [1.82, 2.24) is 5.32 Å². The van der Waals surface area contributed by atoms with Gasteiger partial charge in [-0.05, 0) is 37.3 Å². The Hall–Kier alpha value is -1.62. The molecule has 2 fully saturated rings. The molecule has 2 aliphatic rings. The molecule has 1 aromatic rings. The van der Waals surface area contributed by atoms with Gasteiger partial charge in [0.2, 0.25) is 5.91 Å². The van der Waals surface area contributed by atoms with Crippen LogP contribution in [0.4, 0.5) is 0 Å². The molecule has 2 unspecified atom stereocenters. The summed E-state index contributed by atoms with van der Waals surface area (Å²) in [5.74, 6) is -1.17. The molecule has 1 aromatic carbocycles. The molecule has 3 rings (SSSR count). The van der Waals surface area contributed by atoms with Gasteiger partial charge in [-0.25, -0.2) is 0 Å². The summed E-state index contributed by atoms with van der Waals surface area (Å²) in [6.07, 6.45) is 5.53. The van der Waals surface area contributed by atoms with E-state index in [9.17, 15) is 9.59 Å². The van der Waals surface area contributed by atoms with E-state index in [-0.39, 0.29) is 30.3 Å². The van der Waals surface area contributed by atoms with Crippen LogP contribution in [0.15, 0.2) is 41.0 Å². The third kappa shape index (κ3) is 3.72. The highest BCUT2D eigenvalue weighted by Crippen LogP contribution is 2.39. The maximum atomic E-state index is 12.8. The Labute approximate surface area is 150 Å². The number of hydrogen-bond donors (Lipinski definition) is 1. The zero-order chi connectivity index (χ0) is 17.1. The Bertz CT molecular complexity index is 652. The summed E-state index contributed by atoms with van der Waals surface area (Å²) in [5.41, 5.74) is 1.38. The Balaban J connectivity index is 1.83. The van der Waals surface area contributed by atoms with Gasteiger partial charge in [0.05, 0.1) is 0 Å². The molecule has 1 aliphatic heterocycles. The number of ether oxygens (including phenoxy) is 1. The summed E-state index contributed by atoms with van der Waals surface area (Å²) in [4.78, 5) is 24.8. The molecule has 24 heavy (non-hydrogen) atoms. The molecule has 1 heterocycles. The van der Waals surface area contributed by atoms with E-state index >= 15 is 0 Å². The number of rotatable bonds is 3. The summed E-state index contributed by atoms with van der Waals surface area (Å²) >= 11 is 3.53. The first kappa shape index (κ1) is 17.2. The van der Waals surface area contributed by atoms with Gasteiger partial charge in [0.1, 0.15) is 12.0 Å². The molecule has 2 atom stereocenters. The minimum Gasteiger partial charge on any atom is -0.462 e. The molecule has 4 nitrogen and oxygen atoms in total. The van der Waals surface area contributed by atoms with Crippen LogP contribution in [0.1, 0.15) is 50.0 Å². The van der Waals surface area contributed by atoms with Crippen molar-refractivity contribution in [2.75, 3.05) is 0 Å². The van der Waals surface area contributed by atoms with E-state index in [1.54, 1.807) is 0 Å². The molecule has 0 aromatic heterocycles. The molecule has 0 radical (unpaired) electrons. The molecule has 1 saturated carbocycles. The second kappa shape index (κ2) is 7.51. The van der Waals surface area contributed by atoms with Crippen LogP contribution < -0.4 is 5.32 Å². The smallest absolute Gasteiger partial charge is 0.315 e. The average Bonchev–Trinajstić information content (AvgIpc) is 2.55. The van der Waals surface area contributed by atoms with E-state index in [4.69, 9.17) is 4.74 Å². The number of nitrogens with one attached hydrogen (secondary N) is 1. The third-order valence-corrected chi connectivity index (χ3v) is 5.60. The lowest BCUT2D eigenvalue weighted by Crippen LogP contribution is -2.42. The van der Waals surface area contributed by atoms with Crippen LogP contribution in [0.25, 0.3) is 0 Å². The number of halogens is 1. The Kier molecular flexibility index (Phi) is 5.39. The molecule has 0 spiro atoms. The van der Waals surface area contributed by atoms with E-state index in [2.05, 4.69) is 27.8 Å². The van der Waals surface area contributed by atoms with Crippen LogP contribution in [0.5, 0.6) is 0 Å². The summed E-state index contributed by atoms with van der Waals surface area (Å²) in [6.45, 7) is 3.92. The topological polar surface area (TPSA) is 55.4 Å². The highest BCUT2D eigenvalue weighted by atomic mass is 79.9. The predicted molar refractivity (Wildman–Crippen MR) is 95.2 cm³/mol. The first-order valence-corrected chi connectivity index (χ1v) is 9.29. The summed E-state index contributed by atoms with van der Waals surface area (Å²) in [6, 6.07) is 7.70. The second-order valence-corrected chi connectivity index (χ2v) is 7.43. The van der Waals surface area contributed by atoms with Crippen molar-refractivity contribution >= 4 is 27.8 Å². The van der Waals surface area contributed by atoms with Gasteiger partial charge in [-0.2, -0.15) is 0 Å². The molecule has 1 amide bonds. The van der Waals surface area contributed by atoms with Crippen molar-refractivity contribution in [3.63, 3.8) is 0 Å².